The van der Waals surface area contributed by atoms with E-state index in [-0.39, 0.29) is 0 Å². The minimum absolute atomic E-state index is 0.575. The average Bonchev–Trinajstić information content (AvgIpc) is 4.17. The molecule has 75 heavy (non-hydrogen) atoms. The van der Waals surface area contributed by atoms with E-state index in [1.807, 2.05) is 12.1 Å². The molecule has 6 heteroatoms. The van der Waals surface area contributed by atoms with E-state index in [0.29, 0.717) is 17.5 Å². The van der Waals surface area contributed by atoms with Crippen LogP contribution < -0.4 is 0 Å². The molecule has 350 valence electrons. The molecular weight excluding hydrogens is 915 g/mol. The molecule has 0 radical (unpaired) electrons. The van der Waals surface area contributed by atoms with Crippen LogP contribution in [0.1, 0.15) is 0 Å². The number of furan rings is 1. The van der Waals surface area contributed by atoms with Crippen molar-refractivity contribution < 1.29 is 4.42 Å². The molecule has 0 aliphatic rings. The summed E-state index contributed by atoms with van der Waals surface area (Å²) in [6.07, 6.45) is 0. The summed E-state index contributed by atoms with van der Waals surface area (Å²) >= 11 is 0. The first-order valence-electron chi connectivity index (χ1n) is 25.3. The Labute approximate surface area is 431 Å². The molecule has 0 N–H and O–H groups in total. The Hall–Kier alpha value is -10.2. The van der Waals surface area contributed by atoms with Crippen LogP contribution >= 0.6 is 0 Å². The maximum Gasteiger partial charge on any atom is 0.164 e. The molecule has 0 atom stereocenters. The second-order valence-electron chi connectivity index (χ2n) is 19.1. The first kappa shape index (κ1) is 42.5. The molecule has 15 rings (SSSR count). The van der Waals surface area contributed by atoms with Crippen LogP contribution in [-0.4, -0.2) is 24.1 Å². The van der Waals surface area contributed by atoms with Crippen molar-refractivity contribution in [3.8, 4) is 78.9 Å². The predicted molar refractivity (Wildman–Crippen MR) is 308 cm³/mol. The number of rotatable bonds is 8. The zero-order valence-corrected chi connectivity index (χ0v) is 40.5. The van der Waals surface area contributed by atoms with Crippen molar-refractivity contribution in [1.82, 2.24) is 24.1 Å². The molecule has 0 saturated heterocycles. The fraction of sp³-hybridized carbons (Fsp3) is 0. The number of hydrogen-bond donors (Lipinski definition) is 0. The van der Waals surface area contributed by atoms with Crippen LogP contribution in [-0.2, 0) is 0 Å². The minimum atomic E-state index is 0.575. The van der Waals surface area contributed by atoms with Gasteiger partial charge in [0.2, 0.25) is 0 Å². The maximum absolute atomic E-state index is 7.44. The Bertz CT molecular complexity index is 4700. The zero-order valence-electron chi connectivity index (χ0n) is 40.5. The number of aromatic nitrogens is 5. The Morgan fingerprint density at radius 1 is 0.253 bits per heavy atom. The van der Waals surface area contributed by atoms with Crippen LogP contribution in [0.15, 0.2) is 265 Å². The molecule has 6 nitrogen and oxygen atoms in total. The molecule has 0 aliphatic heterocycles. The summed E-state index contributed by atoms with van der Waals surface area (Å²) in [5, 5.41) is 6.67. The SMILES string of the molecule is c1ccc(-c2cccc(-c3nc(-c4cccc(-n5c6ccccc6c6ccc7c8ccc9c%10ccccc%10n(-c%10cccc(-c%11ccccc%11)c%10)c9c8oc7c65)c4)nc(-c4ccccc4-c4ccccc4)n3)c2)cc1. The predicted octanol–water partition coefficient (Wildman–Crippen LogP) is 18.0. The summed E-state index contributed by atoms with van der Waals surface area (Å²) in [6, 6.07) is 92.0. The van der Waals surface area contributed by atoms with Gasteiger partial charge in [0.15, 0.2) is 28.6 Å². The van der Waals surface area contributed by atoms with Crippen molar-refractivity contribution in [2.75, 3.05) is 0 Å². The van der Waals surface area contributed by atoms with Gasteiger partial charge < -0.3 is 13.6 Å². The van der Waals surface area contributed by atoms with Crippen LogP contribution in [0.5, 0.6) is 0 Å². The lowest BCUT2D eigenvalue weighted by Gasteiger charge is -2.13. The molecule has 11 aromatic carbocycles. The van der Waals surface area contributed by atoms with Crippen LogP contribution in [0.3, 0.4) is 0 Å². The lowest BCUT2D eigenvalue weighted by molar-refractivity contribution is 0.673. The van der Waals surface area contributed by atoms with Crippen LogP contribution in [0.2, 0.25) is 0 Å². The van der Waals surface area contributed by atoms with Gasteiger partial charge >= 0.3 is 0 Å². The van der Waals surface area contributed by atoms with Gasteiger partial charge in [-0.3, -0.25) is 0 Å². The fourth-order valence-corrected chi connectivity index (χ4v) is 11.3. The van der Waals surface area contributed by atoms with Gasteiger partial charge in [-0.25, -0.2) is 15.0 Å². The van der Waals surface area contributed by atoms with Gasteiger partial charge in [0.25, 0.3) is 0 Å². The summed E-state index contributed by atoms with van der Waals surface area (Å²) in [6.45, 7) is 0. The maximum atomic E-state index is 7.44. The van der Waals surface area contributed by atoms with Gasteiger partial charge in [0, 0.05) is 60.4 Å². The summed E-state index contributed by atoms with van der Waals surface area (Å²) in [7, 11) is 0. The number of nitrogens with zero attached hydrogens (tertiary/aromatic N) is 5. The highest BCUT2D eigenvalue weighted by molar-refractivity contribution is 6.26. The van der Waals surface area contributed by atoms with Crippen LogP contribution in [0.25, 0.3) is 144 Å². The van der Waals surface area contributed by atoms with E-state index in [2.05, 4.69) is 258 Å². The Kier molecular flexibility index (Phi) is 9.78. The highest BCUT2D eigenvalue weighted by Gasteiger charge is 2.24. The van der Waals surface area contributed by atoms with Crippen LogP contribution in [0.4, 0.5) is 0 Å². The second kappa shape index (κ2) is 17.3. The molecule has 0 spiro atoms. The van der Waals surface area contributed by atoms with E-state index in [4.69, 9.17) is 19.4 Å². The van der Waals surface area contributed by atoms with Gasteiger partial charge in [0.05, 0.1) is 22.1 Å². The van der Waals surface area contributed by atoms with Crippen molar-refractivity contribution in [2.45, 2.75) is 0 Å². The Balaban J connectivity index is 0.948. The van der Waals surface area contributed by atoms with Crippen molar-refractivity contribution in [3.05, 3.63) is 261 Å². The third-order valence-corrected chi connectivity index (χ3v) is 14.8. The van der Waals surface area contributed by atoms with Gasteiger partial charge in [-0.05, 0) is 88.0 Å². The van der Waals surface area contributed by atoms with Crippen molar-refractivity contribution in [2.24, 2.45) is 0 Å². The average molecular weight is 958 g/mol. The molecule has 4 heterocycles. The van der Waals surface area contributed by atoms with E-state index in [0.717, 1.165) is 116 Å². The van der Waals surface area contributed by atoms with E-state index in [9.17, 15) is 0 Å². The molecular formula is C69H43N5O. The quantitative estimate of drug-likeness (QED) is 0.152. The van der Waals surface area contributed by atoms with Crippen molar-refractivity contribution in [3.63, 3.8) is 0 Å². The fourth-order valence-electron chi connectivity index (χ4n) is 11.3. The largest absolute Gasteiger partial charge is 0.452 e. The first-order chi connectivity index (χ1) is 37.2. The molecule has 0 bridgehead atoms. The van der Waals surface area contributed by atoms with Crippen LogP contribution in [0, 0.1) is 0 Å². The lowest BCUT2D eigenvalue weighted by Crippen LogP contribution is -2.02. The number of para-hydroxylation sites is 2. The van der Waals surface area contributed by atoms with E-state index >= 15 is 0 Å². The third kappa shape index (κ3) is 6.99. The first-order valence-corrected chi connectivity index (χ1v) is 25.3. The molecule has 15 aromatic rings. The monoisotopic (exact) mass is 957 g/mol. The van der Waals surface area contributed by atoms with Gasteiger partial charge in [-0.1, -0.05) is 206 Å². The summed E-state index contributed by atoms with van der Waals surface area (Å²) in [5.41, 5.74) is 17.3. The standard InChI is InChI=1S/C69H43N5O/c1-4-19-44(20-5-1)47-25-16-27-49(41-47)67-70-68(72-69(71-67)60-34-11-10-31-53(60)46-23-8-3-9-24-46)50-28-18-30-52(43-50)74-62-36-15-13-33-55(62)57-38-40-59-58-39-37-56-54-32-12-14-35-61(54)73(63(56)65(58)75-66(59)64(57)74)51-29-17-26-48(42-51)45-21-6-2-7-22-45/h1-43H. The topological polar surface area (TPSA) is 61.7 Å². The molecule has 0 fully saturated rings. The zero-order chi connectivity index (χ0) is 49.4. The van der Waals surface area contributed by atoms with Gasteiger partial charge in [-0.2, -0.15) is 0 Å². The molecule has 0 saturated carbocycles. The number of fused-ring (bicyclic) bond motifs is 11. The van der Waals surface area contributed by atoms with Gasteiger partial charge in [0.1, 0.15) is 0 Å². The number of hydrogen-bond acceptors (Lipinski definition) is 4. The Morgan fingerprint density at radius 3 is 1.20 bits per heavy atom. The molecule has 0 amide bonds. The Morgan fingerprint density at radius 2 is 0.640 bits per heavy atom. The molecule has 0 aliphatic carbocycles. The van der Waals surface area contributed by atoms with E-state index in [1.54, 1.807) is 0 Å². The van der Waals surface area contributed by atoms with Crippen molar-refractivity contribution >= 4 is 65.6 Å². The molecule has 4 aromatic heterocycles. The highest BCUT2D eigenvalue weighted by atomic mass is 16.3. The summed E-state index contributed by atoms with van der Waals surface area (Å²) < 4.78 is 12.2. The third-order valence-electron chi connectivity index (χ3n) is 14.8. The minimum Gasteiger partial charge on any atom is -0.452 e. The summed E-state index contributed by atoms with van der Waals surface area (Å²) in [4.78, 5) is 15.9. The normalized spacial score (nSPS) is 11.7. The summed E-state index contributed by atoms with van der Waals surface area (Å²) in [5.74, 6) is 1.77. The number of benzene rings is 11. The van der Waals surface area contributed by atoms with E-state index < -0.39 is 0 Å². The molecule has 0 unspecified atom stereocenters. The van der Waals surface area contributed by atoms with Gasteiger partial charge in [-0.15, -0.1) is 0 Å². The lowest BCUT2D eigenvalue weighted by atomic mass is 9.99. The second-order valence-corrected chi connectivity index (χ2v) is 19.1. The van der Waals surface area contributed by atoms with Crippen molar-refractivity contribution in [1.29, 1.82) is 0 Å². The highest BCUT2D eigenvalue weighted by Crippen LogP contribution is 2.45. The van der Waals surface area contributed by atoms with E-state index in [1.165, 1.54) is 10.9 Å². The smallest absolute Gasteiger partial charge is 0.164 e.